The predicted octanol–water partition coefficient (Wildman–Crippen LogP) is 2.13. The number of hydrogen-bond donors (Lipinski definition) is 0. The van der Waals surface area contributed by atoms with Gasteiger partial charge in [0, 0.05) is 13.3 Å². The molecule has 0 aliphatic rings. The Morgan fingerprint density at radius 2 is 2.25 bits per heavy atom. The fraction of sp³-hybridized carbons (Fsp3) is 0.700. The molecule has 68 valence electrons. The molecule has 0 radical (unpaired) electrons. The van der Waals surface area contributed by atoms with Gasteiger partial charge in [-0.1, -0.05) is 25.2 Å². The fourth-order valence-corrected chi connectivity index (χ4v) is 0.759. The van der Waals surface area contributed by atoms with E-state index in [0.29, 0.717) is 0 Å². The van der Waals surface area contributed by atoms with Crippen molar-refractivity contribution in [3.8, 4) is 11.8 Å². The molecule has 0 aliphatic carbocycles. The first-order valence-electron chi connectivity index (χ1n) is 4.32. The van der Waals surface area contributed by atoms with Crippen LogP contribution in [0.25, 0.3) is 0 Å². The highest BCUT2D eigenvalue weighted by atomic mass is 16.5. The normalized spacial score (nSPS) is 11.2. The van der Waals surface area contributed by atoms with Crippen LogP contribution in [0.3, 0.4) is 0 Å². The third-order valence-electron chi connectivity index (χ3n) is 1.30. The van der Waals surface area contributed by atoms with Crippen molar-refractivity contribution in [2.75, 3.05) is 0 Å². The average molecular weight is 168 g/mol. The molecule has 0 spiro atoms. The van der Waals surface area contributed by atoms with Gasteiger partial charge in [-0.3, -0.25) is 4.79 Å². The number of unbranched alkanes of at least 4 members (excludes halogenated alkanes) is 2. The topological polar surface area (TPSA) is 26.3 Å². The molecular weight excluding hydrogens is 152 g/mol. The van der Waals surface area contributed by atoms with Crippen LogP contribution in [0.2, 0.25) is 0 Å². The summed E-state index contributed by atoms with van der Waals surface area (Å²) in [5, 5.41) is 0. The summed E-state index contributed by atoms with van der Waals surface area (Å²) in [5.41, 5.74) is 0. The van der Waals surface area contributed by atoms with E-state index in [4.69, 9.17) is 4.74 Å². The zero-order valence-electron chi connectivity index (χ0n) is 8.02. The summed E-state index contributed by atoms with van der Waals surface area (Å²) in [6, 6.07) is 0. The van der Waals surface area contributed by atoms with Crippen molar-refractivity contribution in [2.24, 2.45) is 0 Å². The highest BCUT2D eigenvalue weighted by molar-refractivity contribution is 5.66. The minimum Gasteiger partial charge on any atom is -0.450 e. The molecule has 2 heteroatoms. The lowest BCUT2D eigenvalue weighted by Gasteiger charge is -2.02. The van der Waals surface area contributed by atoms with Gasteiger partial charge in [-0.05, 0) is 13.3 Å². The molecular formula is C10H16O2. The molecule has 2 nitrogen and oxygen atoms in total. The number of ether oxygens (including phenoxy) is 1. The first-order chi connectivity index (χ1) is 5.66. The average Bonchev–Trinajstić information content (AvgIpc) is 1.97. The third-order valence-corrected chi connectivity index (χ3v) is 1.30. The molecule has 1 atom stereocenters. The molecule has 0 fully saturated rings. The van der Waals surface area contributed by atoms with Crippen molar-refractivity contribution >= 4 is 5.97 Å². The van der Waals surface area contributed by atoms with Crippen LogP contribution in [0.1, 0.15) is 40.0 Å². The summed E-state index contributed by atoms with van der Waals surface area (Å²) in [6.45, 7) is 5.29. The van der Waals surface area contributed by atoms with Crippen molar-refractivity contribution in [1.82, 2.24) is 0 Å². The number of carbonyl (C=O) groups excluding carboxylic acids is 1. The Morgan fingerprint density at radius 3 is 2.75 bits per heavy atom. The maximum atomic E-state index is 10.5. The summed E-state index contributed by atoms with van der Waals surface area (Å²) in [5.74, 6) is 5.55. The van der Waals surface area contributed by atoms with Gasteiger partial charge in [0.1, 0.15) is 0 Å². The smallest absolute Gasteiger partial charge is 0.303 e. The summed E-state index contributed by atoms with van der Waals surface area (Å²) in [7, 11) is 0. The van der Waals surface area contributed by atoms with Crippen LogP contribution in [0, 0.1) is 11.8 Å². The molecule has 1 unspecified atom stereocenters. The van der Waals surface area contributed by atoms with E-state index in [-0.39, 0.29) is 12.1 Å². The van der Waals surface area contributed by atoms with E-state index in [1.807, 2.05) is 0 Å². The van der Waals surface area contributed by atoms with Gasteiger partial charge in [0.15, 0.2) is 6.10 Å². The highest BCUT2D eigenvalue weighted by Crippen LogP contribution is 1.93. The Bertz CT molecular complexity index is 186. The first-order valence-corrected chi connectivity index (χ1v) is 4.32. The van der Waals surface area contributed by atoms with Crippen LogP contribution in [0.4, 0.5) is 0 Å². The lowest BCUT2D eigenvalue weighted by atomic mass is 10.2. The van der Waals surface area contributed by atoms with Gasteiger partial charge in [-0.25, -0.2) is 0 Å². The van der Waals surface area contributed by atoms with Gasteiger partial charge in [0.05, 0.1) is 0 Å². The first kappa shape index (κ1) is 11.0. The second-order valence-electron chi connectivity index (χ2n) is 2.68. The lowest BCUT2D eigenvalue weighted by molar-refractivity contribution is -0.143. The molecule has 0 aromatic rings. The van der Waals surface area contributed by atoms with Crippen LogP contribution >= 0.6 is 0 Å². The molecule has 0 aromatic carbocycles. The van der Waals surface area contributed by atoms with E-state index in [1.165, 1.54) is 6.92 Å². The van der Waals surface area contributed by atoms with Gasteiger partial charge in [0.25, 0.3) is 0 Å². The summed E-state index contributed by atoms with van der Waals surface area (Å²) < 4.78 is 4.82. The number of carbonyl (C=O) groups is 1. The Hall–Kier alpha value is -0.970. The van der Waals surface area contributed by atoms with Crippen molar-refractivity contribution in [3.63, 3.8) is 0 Å². The molecule has 0 N–H and O–H groups in total. The molecule has 0 aliphatic heterocycles. The predicted molar refractivity (Wildman–Crippen MR) is 48.5 cm³/mol. The van der Waals surface area contributed by atoms with Gasteiger partial charge >= 0.3 is 5.97 Å². The summed E-state index contributed by atoms with van der Waals surface area (Å²) in [6.07, 6.45) is 2.89. The van der Waals surface area contributed by atoms with Crippen LogP contribution in [-0.4, -0.2) is 12.1 Å². The zero-order chi connectivity index (χ0) is 9.40. The van der Waals surface area contributed by atoms with Gasteiger partial charge < -0.3 is 4.74 Å². The Kier molecular flexibility index (Phi) is 6.18. The summed E-state index contributed by atoms with van der Waals surface area (Å²) in [4.78, 5) is 10.5. The van der Waals surface area contributed by atoms with Gasteiger partial charge in [-0.15, -0.1) is 0 Å². The minimum absolute atomic E-state index is 0.264. The molecule has 0 saturated heterocycles. The van der Waals surface area contributed by atoms with E-state index in [0.717, 1.165) is 19.3 Å². The maximum Gasteiger partial charge on any atom is 0.303 e. The Balaban J connectivity index is 3.56. The monoisotopic (exact) mass is 168 g/mol. The Morgan fingerprint density at radius 1 is 1.58 bits per heavy atom. The molecule has 0 aromatic heterocycles. The van der Waals surface area contributed by atoms with Crippen molar-refractivity contribution in [2.45, 2.75) is 46.1 Å². The van der Waals surface area contributed by atoms with Crippen molar-refractivity contribution in [1.29, 1.82) is 0 Å². The molecule has 0 bridgehead atoms. The van der Waals surface area contributed by atoms with E-state index in [2.05, 4.69) is 18.8 Å². The highest BCUT2D eigenvalue weighted by Gasteiger charge is 1.98. The van der Waals surface area contributed by atoms with E-state index in [9.17, 15) is 4.79 Å². The molecule has 0 amide bonds. The molecule has 0 heterocycles. The number of hydrogen-bond acceptors (Lipinski definition) is 2. The molecule has 0 saturated carbocycles. The largest absolute Gasteiger partial charge is 0.450 e. The molecule has 0 rings (SSSR count). The zero-order valence-corrected chi connectivity index (χ0v) is 8.02. The van der Waals surface area contributed by atoms with Crippen molar-refractivity contribution in [3.05, 3.63) is 0 Å². The van der Waals surface area contributed by atoms with Gasteiger partial charge in [0.2, 0.25) is 0 Å². The number of esters is 1. The van der Waals surface area contributed by atoms with Gasteiger partial charge in [-0.2, -0.15) is 0 Å². The van der Waals surface area contributed by atoms with E-state index >= 15 is 0 Å². The van der Waals surface area contributed by atoms with Crippen LogP contribution < -0.4 is 0 Å². The quantitative estimate of drug-likeness (QED) is 0.366. The van der Waals surface area contributed by atoms with Crippen molar-refractivity contribution < 1.29 is 9.53 Å². The molecule has 12 heavy (non-hydrogen) atoms. The summed E-state index contributed by atoms with van der Waals surface area (Å²) >= 11 is 0. The van der Waals surface area contributed by atoms with E-state index < -0.39 is 0 Å². The second kappa shape index (κ2) is 6.72. The SMILES string of the molecule is CCCCC#CC(C)OC(C)=O. The van der Waals surface area contributed by atoms with Crippen LogP contribution in [-0.2, 0) is 9.53 Å². The fourth-order valence-electron chi connectivity index (χ4n) is 0.759. The third kappa shape index (κ3) is 7.14. The standard InChI is InChI=1S/C10H16O2/c1-4-5-6-7-8-9(2)12-10(3)11/h9H,4-6H2,1-3H3. The van der Waals surface area contributed by atoms with E-state index in [1.54, 1.807) is 6.92 Å². The number of rotatable bonds is 3. The van der Waals surface area contributed by atoms with Crippen LogP contribution in [0.5, 0.6) is 0 Å². The maximum absolute atomic E-state index is 10.5. The van der Waals surface area contributed by atoms with Crippen LogP contribution in [0.15, 0.2) is 0 Å². The second-order valence-corrected chi connectivity index (χ2v) is 2.68. The lowest BCUT2D eigenvalue weighted by Crippen LogP contribution is -2.09. The minimum atomic E-state index is -0.271. The Labute approximate surface area is 74.3 Å².